The summed E-state index contributed by atoms with van der Waals surface area (Å²) in [5.74, 6) is 0. The fourth-order valence-corrected chi connectivity index (χ4v) is 5.28. The molecule has 0 aromatic rings. The standard InChI is InChI=1S/C12H19ClN7/c13-2-1-3-20-7-10(17-14)4-11(8-20,18-15)6-12(5-10,9-20)19-16/h1-2,14-16H,3-9H2/q+1. The Bertz CT molecular complexity index is 434. The summed E-state index contributed by atoms with van der Waals surface area (Å²) in [7, 11) is 0. The van der Waals surface area contributed by atoms with Crippen LogP contribution in [0.4, 0.5) is 0 Å². The van der Waals surface area contributed by atoms with Crippen LogP contribution in [0.25, 0.3) is 0 Å². The van der Waals surface area contributed by atoms with Crippen LogP contribution >= 0.6 is 11.6 Å². The minimum atomic E-state index is -0.510. The van der Waals surface area contributed by atoms with Gasteiger partial charge in [0.1, 0.15) is 36.3 Å². The minimum Gasteiger partial charge on any atom is -0.314 e. The summed E-state index contributed by atoms with van der Waals surface area (Å²) in [5.41, 5.74) is 22.9. The minimum absolute atomic E-state index is 0.510. The maximum absolute atomic E-state index is 7.63. The molecular weight excluding hydrogens is 278 g/mol. The largest absolute Gasteiger partial charge is 0.314 e. The van der Waals surface area contributed by atoms with Gasteiger partial charge in [-0.2, -0.15) is 15.3 Å². The second-order valence-corrected chi connectivity index (χ2v) is 7.15. The first-order valence-corrected chi connectivity index (χ1v) is 7.18. The van der Waals surface area contributed by atoms with Gasteiger partial charge in [-0.3, -0.25) is 0 Å². The number of quaternary nitrogens is 1. The van der Waals surface area contributed by atoms with Crippen molar-refractivity contribution in [3.05, 3.63) is 11.6 Å². The Balaban J connectivity index is 2.09. The molecule has 3 N–H and O–H groups in total. The highest BCUT2D eigenvalue weighted by atomic mass is 35.5. The molecule has 1 aliphatic carbocycles. The van der Waals surface area contributed by atoms with Crippen molar-refractivity contribution in [3.8, 4) is 0 Å². The summed E-state index contributed by atoms with van der Waals surface area (Å²) in [6.07, 6.45) is 3.85. The highest BCUT2D eigenvalue weighted by molar-refractivity contribution is 6.25. The van der Waals surface area contributed by atoms with E-state index in [0.717, 1.165) is 26.2 Å². The van der Waals surface area contributed by atoms with Gasteiger partial charge >= 0.3 is 0 Å². The van der Waals surface area contributed by atoms with Crippen LogP contribution < -0.4 is 0 Å². The normalized spacial score (nSPS) is 49.5. The van der Waals surface area contributed by atoms with E-state index in [-0.39, 0.29) is 0 Å². The first kappa shape index (κ1) is 13.8. The molecule has 0 amide bonds. The molecule has 0 aromatic carbocycles. The zero-order valence-corrected chi connectivity index (χ0v) is 12.0. The number of nitrogens with zero attached hydrogens (tertiary/aromatic N) is 4. The van der Waals surface area contributed by atoms with E-state index in [4.69, 9.17) is 28.2 Å². The van der Waals surface area contributed by atoms with Crippen LogP contribution in [0.1, 0.15) is 19.3 Å². The van der Waals surface area contributed by atoms with Crippen molar-refractivity contribution in [2.45, 2.75) is 35.9 Å². The van der Waals surface area contributed by atoms with E-state index in [1.54, 1.807) is 0 Å². The predicted octanol–water partition coefficient (Wildman–Crippen LogP) is 3.08. The van der Waals surface area contributed by atoms with Gasteiger partial charge in [0.2, 0.25) is 0 Å². The lowest BCUT2D eigenvalue weighted by atomic mass is 9.56. The first-order valence-electron chi connectivity index (χ1n) is 6.75. The van der Waals surface area contributed by atoms with Gasteiger partial charge in [0.05, 0.1) is 6.54 Å². The van der Waals surface area contributed by atoms with E-state index in [1.807, 2.05) is 6.08 Å². The van der Waals surface area contributed by atoms with Crippen molar-refractivity contribution in [2.24, 2.45) is 15.3 Å². The van der Waals surface area contributed by atoms with Crippen molar-refractivity contribution in [1.29, 1.82) is 16.6 Å². The van der Waals surface area contributed by atoms with Crippen LogP contribution in [-0.4, -0.2) is 47.3 Å². The molecule has 4 rings (SSSR count). The highest BCUT2D eigenvalue weighted by Crippen LogP contribution is 2.57. The first-order chi connectivity index (χ1) is 9.49. The Morgan fingerprint density at radius 1 is 0.900 bits per heavy atom. The van der Waals surface area contributed by atoms with Gasteiger partial charge in [-0.05, 0) is 6.08 Å². The highest BCUT2D eigenvalue weighted by Gasteiger charge is 2.71. The Morgan fingerprint density at radius 3 is 1.60 bits per heavy atom. The number of hydrogen-bond acceptors (Lipinski definition) is 6. The van der Waals surface area contributed by atoms with Crippen LogP contribution in [0.15, 0.2) is 27.0 Å². The third-order valence-electron chi connectivity index (χ3n) is 5.16. The third-order valence-corrected chi connectivity index (χ3v) is 5.34. The molecule has 4 fully saturated rings. The molecule has 0 spiro atoms. The molecule has 108 valence electrons. The van der Waals surface area contributed by atoms with Gasteiger partial charge in [0.25, 0.3) is 0 Å². The Hall–Kier alpha value is -1.21. The van der Waals surface area contributed by atoms with Crippen LogP contribution in [0.5, 0.6) is 0 Å². The number of halogens is 1. The molecule has 3 aliphatic heterocycles. The van der Waals surface area contributed by atoms with Gasteiger partial charge < -0.3 is 4.48 Å². The number of piperidine rings is 3. The molecular formula is C12H19ClN7+. The zero-order valence-electron chi connectivity index (χ0n) is 11.3. The van der Waals surface area contributed by atoms with Gasteiger partial charge in [-0.25, -0.2) is 16.6 Å². The second-order valence-electron chi connectivity index (χ2n) is 6.90. The second kappa shape index (κ2) is 4.14. The summed E-state index contributed by atoms with van der Waals surface area (Å²) in [6.45, 7) is 3.04. The van der Waals surface area contributed by atoms with Crippen LogP contribution in [0.3, 0.4) is 0 Å². The predicted molar refractivity (Wildman–Crippen MR) is 72.2 cm³/mol. The Morgan fingerprint density at radius 2 is 1.30 bits per heavy atom. The molecule has 8 heteroatoms. The van der Waals surface area contributed by atoms with Crippen molar-refractivity contribution < 1.29 is 4.48 Å². The van der Waals surface area contributed by atoms with Crippen molar-refractivity contribution >= 4 is 11.6 Å². The fraction of sp³-hybridized carbons (Fsp3) is 0.833. The molecule has 0 radical (unpaired) electrons. The molecule has 20 heavy (non-hydrogen) atoms. The molecule has 1 saturated carbocycles. The van der Waals surface area contributed by atoms with Gasteiger partial charge in [0, 0.05) is 24.8 Å². The molecule has 4 bridgehead atoms. The summed E-state index contributed by atoms with van der Waals surface area (Å²) < 4.78 is 0.691. The molecule has 3 saturated heterocycles. The van der Waals surface area contributed by atoms with E-state index < -0.39 is 16.6 Å². The van der Waals surface area contributed by atoms with E-state index in [0.29, 0.717) is 23.7 Å². The van der Waals surface area contributed by atoms with Crippen LogP contribution in [0, 0.1) is 16.6 Å². The average Bonchev–Trinajstić information content (AvgIpc) is 2.44. The van der Waals surface area contributed by atoms with E-state index in [9.17, 15) is 0 Å². The van der Waals surface area contributed by atoms with Gasteiger partial charge in [-0.15, -0.1) is 0 Å². The fourth-order valence-electron chi connectivity index (χ4n) is 5.20. The number of rotatable bonds is 5. The lowest BCUT2D eigenvalue weighted by Crippen LogP contribution is -2.81. The lowest BCUT2D eigenvalue weighted by Gasteiger charge is -2.65. The Kier molecular flexibility index (Phi) is 2.85. The van der Waals surface area contributed by atoms with Crippen molar-refractivity contribution in [3.63, 3.8) is 0 Å². The molecule has 0 atom stereocenters. The molecule has 7 nitrogen and oxygen atoms in total. The molecule has 0 unspecified atom stereocenters. The topological polar surface area (TPSA) is 109 Å². The van der Waals surface area contributed by atoms with Crippen molar-refractivity contribution in [2.75, 3.05) is 26.2 Å². The van der Waals surface area contributed by atoms with Crippen LogP contribution in [0.2, 0.25) is 0 Å². The molecule has 3 heterocycles. The number of hydrogen-bond donors (Lipinski definition) is 3. The van der Waals surface area contributed by atoms with Gasteiger partial charge in [-0.1, -0.05) is 11.6 Å². The summed E-state index contributed by atoms with van der Waals surface area (Å²) in [6, 6.07) is 0. The summed E-state index contributed by atoms with van der Waals surface area (Å²) in [5, 5.41) is 11.7. The maximum atomic E-state index is 7.63. The Labute approximate surface area is 122 Å². The maximum Gasteiger partial charge on any atom is 0.135 e. The van der Waals surface area contributed by atoms with E-state index >= 15 is 0 Å². The SMILES string of the molecule is N=NC12CC3(N=N)CC(N=N)(C1)C[N+](CC=CCl)(C2)C3. The van der Waals surface area contributed by atoms with E-state index in [2.05, 4.69) is 15.3 Å². The zero-order chi connectivity index (χ0) is 14.5. The molecule has 4 aliphatic rings. The summed E-state index contributed by atoms with van der Waals surface area (Å²) in [4.78, 5) is 0. The molecule has 0 aromatic heterocycles. The average molecular weight is 297 g/mol. The quantitative estimate of drug-likeness (QED) is 0.512. The smallest absolute Gasteiger partial charge is 0.135 e. The third kappa shape index (κ3) is 1.76. The lowest BCUT2D eigenvalue weighted by molar-refractivity contribution is -0.949. The van der Waals surface area contributed by atoms with Gasteiger partial charge in [0.15, 0.2) is 0 Å². The van der Waals surface area contributed by atoms with E-state index in [1.165, 1.54) is 5.54 Å². The van der Waals surface area contributed by atoms with Crippen molar-refractivity contribution in [1.82, 2.24) is 0 Å². The monoisotopic (exact) mass is 296 g/mol. The number of nitrogens with one attached hydrogen (secondary N) is 3. The van der Waals surface area contributed by atoms with Crippen LogP contribution in [-0.2, 0) is 0 Å². The summed E-state index contributed by atoms with van der Waals surface area (Å²) >= 11 is 5.68.